The molecule has 1 aromatic carbocycles. The van der Waals surface area contributed by atoms with Gasteiger partial charge in [0.05, 0.1) is 5.56 Å². The van der Waals surface area contributed by atoms with Gasteiger partial charge in [0.2, 0.25) is 6.17 Å². The molecule has 1 N–H and O–H groups in total. The minimum Gasteiger partial charge on any atom is -0.479 e. The van der Waals surface area contributed by atoms with E-state index >= 15 is 0 Å². The zero-order valence-corrected chi connectivity index (χ0v) is 7.55. The van der Waals surface area contributed by atoms with E-state index in [0.717, 1.165) is 0 Å². The zero-order chi connectivity index (χ0) is 12.5. The maximum Gasteiger partial charge on any atom is 0.416 e. The standard InChI is InChI=1S/C9H5F5O2/c10-6-3-4(9(12,13)14)1-2-5(6)7(11)8(15)16/h1-3,7H,(H,15,16). The van der Waals surface area contributed by atoms with Crippen LogP contribution in [0.15, 0.2) is 18.2 Å². The Bertz CT molecular complexity index is 413. The van der Waals surface area contributed by atoms with E-state index in [0.29, 0.717) is 12.1 Å². The quantitative estimate of drug-likeness (QED) is 0.807. The molecule has 88 valence electrons. The van der Waals surface area contributed by atoms with Crippen molar-refractivity contribution in [2.45, 2.75) is 12.3 Å². The maximum atomic E-state index is 13.0. The Hall–Kier alpha value is -1.66. The number of carboxylic acids is 1. The Labute approximate surface area is 86.3 Å². The van der Waals surface area contributed by atoms with Crippen molar-refractivity contribution in [2.75, 3.05) is 0 Å². The van der Waals surface area contributed by atoms with E-state index in [2.05, 4.69) is 0 Å². The summed E-state index contributed by atoms with van der Waals surface area (Å²) < 4.78 is 62.1. The molecule has 0 amide bonds. The molecule has 0 spiro atoms. The summed E-state index contributed by atoms with van der Waals surface area (Å²) in [5.74, 6) is -3.50. The topological polar surface area (TPSA) is 37.3 Å². The molecule has 0 aliphatic rings. The summed E-state index contributed by atoms with van der Waals surface area (Å²) in [5.41, 5.74) is -2.23. The van der Waals surface area contributed by atoms with E-state index in [1.807, 2.05) is 0 Å². The van der Waals surface area contributed by atoms with Crippen molar-refractivity contribution >= 4 is 5.97 Å². The lowest BCUT2D eigenvalue weighted by atomic mass is 10.1. The van der Waals surface area contributed by atoms with Crippen molar-refractivity contribution in [2.24, 2.45) is 0 Å². The first kappa shape index (κ1) is 12.4. The lowest BCUT2D eigenvalue weighted by molar-refractivity contribution is -0.143. The van der Waals surface area contributed by atoms with E-state index in [9.17, 15) is 26.7 Å². The van der Waals surface area contributed by atoms with Gasteiger partial charge in [0.1, 0.15) is 5.82 Å². The van der Waals surface area contributed by atoms with Gasteiger partial charge in [-0.1, -0.05) is 6.07 Å². The molecule has 16 heavy (non-hydrogen) atoms. The monoisotopic (exact) mass is 240 g/mol. The second-order valence-electron chi connectivity index (χ2n) is 2.93. The molecular formula is C9H5F5O2. The van der Waals surface area contributed by atoms with Gasteiger partial charge in [0.25, 0.3) is 0 Å². The number of alkyl halides is 4. The van der Waals surface area contributed by atoms with Gasteiger partial charge in [-0.15, -0.1) is 0 Å². The minimum absolute atomic E-state index is 0.0604. The molecule has 0 radical (unpaired) electrons. The fraction of sp³-hybridized carbons (Fsp3) is 0.222. The lowest BCUT2D eigenvalue weighted by Gasteiger charge is -2.09. The van der Waals surface area contributed by atoms with E-state index in [4.69, 9.17) is 5.11 Å². The van der Waals surface area contributed by atoms with E-state index in [1.165, 1.54) is 0 Å². The first-order valence-electron chi connectivity index (χ1n) is 3.97. The summed E-state index contributed by atoms with van der Waals surface area (Å²) in [7, 11) is 0. The first-order valence-corrected chi connectivity index (χ1v) is 3.97. The Balaban J connectivity index is 3.15. The van der Waals surface area contributed by atoms with Gasteiger partial charge in [0.15, 0.2) is 0 Å². The largest absolute Gasteiger partial charge is 0.479 e. The van der Waals surface area contributed by atoms with Crippen LogP contribution in [0.4, 0.5) is 22.0 Å². The molecule has 1 aromatic rings. The molecular weight excluding hydrogens is 235 g/mol. The molecule has 1 atom stereocenters. The fourth-order valence-corrected chi connectivity index (χ4v) is 1.04. The molecule has 0 bridgehead atoms. The van der Waals surface area contributed by atoms with E-state index in [-0.39, 0.29) is 6.07 Å². The van der Waals surface area contributed by atoms with Crippen molar-refractivity contribution < 1.29 is 31.9 Å². The minimum atomic E-state index is -4.76. The SMILES string of the molecule is O=C(O)C(F)c1ccc(C(F)(F)F)cc1F. The predicted molar refractivity (Wildman–Crippen MR) is 42.9 cm³/mol. The van der Waals surface area contributed by atoms with Gasteiger partial charge < -0.3 is 5.11 Å². The third kappa shape index (κ3) is 2.47. The summed E-state index contributed by atoms with van der Waals surface area (Å²) in [4.78, 5) is 10.2. The highest BCUT2D eigenvalue weighted by Gasteiger charge is 2.32. The molecule has 1 rings (SSSR count). The van der Waals surface area contributed by atoms with E-state index < -0.39 is 35.3 Å². The number of benzene rings is 1. The van der Waals surface area contributed by atoms with Gasteiger partial charge in [-0.05, 0) is 12.1 Å². The normalized spacial score (nSPS) is 13.6. The van der Waals surface area contributed by atoms with Crippen LogP contribution in [0.3, 0.4) is 0 Å². The summed E-state index contributed by atoms with van der Waals surface area (Å²) >= 11 is 0. The van der Waals surface area contributed by atoms with E-state index in [1.54, 1.807) is 0 Å². The van der Waals surface area contributed by atoms with Crippen molar-refractivity contribution in [1.29, 1.82) is 0 Å². The molecule has 0 aromatic heterocycles. The Morgan fingerprint density at radius 1 is 1.31 bits per heavy atom. The van der Waals surface area contributed by atoms with Crippen LogP contribution < -0.4 is 0 Å². The van der Waals surface area contributed by atoms with Crippen molar-refractivity contribution in [3.8, 4) is 0 Å². The van der Waals surface area contributed by atoms with Gasteiger partial charge in [-0.2, -0.15) is 13.2 Å². The Morgan fingerprint density at radius 2 is 1.88 bits per heavy atom. The summed E-state index contributed by atoms with van der Waals surface area (Å²) in [5, 5.41) is 8.23. The zero-order valence-electron chi connectivity index (χ0n) is 7.55. The van der Waals surface area contributed by atoms with Crippen LogP contribution in [0.5, 0.6) is 0 Å². The predicted octanol–water partition coefficient (Wildman–Crippen LogP) is 2.94. The highest BCUT2D eigenvalue weighted by atomic mass is 19.4. The van der Waals surface area contributed by atoms with Crippen LogP contribution in [0.25, 0.3) is 0 Å². The number of carboxylic acid groups (broad SMARTS) is 1. The third-order valence-corrected chi connectivity index (χ3v) is 1.82. The second kappa shape index (κ2) is 4.07. The highest BCUT2D eigenvalue weighted by Crippen LogP contribution is 2.32. The number of hydrogen-bond donors (Lipinski definition) is 1. The molecule has 0 saturated carbocycles. The van der Waals surface area contributed by atoms with Crippen LogP contribution in [0, 0.1) is 5.82 Å². The highest BCUT2D eigenvalue weighted by molar-refractivity contribution is 5.74. The van der Waals surface area contributed by atoms with Crippen LogP contribution >= 0.6 is 0 Å². The number of rotatable bonds is 2. The van der Waals surface area contributed by atoms with Crippen molar-refractivity contribution in [1.82, 2.24) is 0 Å². The fourth-order valence-electron chi connectivity index (χ4n) is 1.04. The van der Waals surface area contributed by atoms with Crippen LogP contribution in [0.1, 0.15) is 17.3 Å². The number of hydrogen-bond acceptors (Lipinski definition) is 1. The lowest BCUT2D eigenvalue weighted by Crippen LogP contribution is -2.10. The molecule has 1 unspecified atom stereocenters. The number of halogens is 5. The van der Waals surface area contributed by atoms with Gasteiger partial charge >= 0.3 is 12.1 Å². The third-order valence-electron chi connectivity index (χ3n) is 1.82. The average Bonchev–Trinajstić information content (AvgIpc) is 2.15. The first-order chi connectivity index (χ1) is 7.23. The van der Waals surface area contributed by atoms with Crippen LogP contribution in [0.2, 0.25) is 0 Å². The van der Waals surface area contributed by atoms with Gasteiger partial charge in [-0.25, -0.2) is 13.6 Å². The van der Waals surface area contributed by atoms with Gasteiger partial charge in [-0.3, -0.25) is 0 Å². The molecule has 0 aliphatic carbocycles. The molecule has 0 fully saturated rings. The maximum absolute atomic E-state index is 13.0. The molecule has 2 nitrogen and oxygen atoms in total. The average molecular weight is 240 g/mol. The van der Waals surface area contributed by atoms with Crippen LogP contribution in [-0.4, -0.2) is 11.1 Å². The molecule has 0 saturated heterocycles. The Kier molecular flexibility index (Phi) is 3.16. The Morgan fingerprint density at radius 3 is 2.25 bits per heavy atom. The number of carbonyl (C=O) groups is 1. The summed E-state index contributed by atoms with van der Waals surface area (Å²) in [6, 6.07) is 0.954. The van der Waals surface area contributed by atoms with Crippen molar-refractivity contribution in [3.63, 3.8) is 0 Å². The van der Waals surface area contributed by atoms with Crippen molar-refractivity contribution in [3.05, 3.63) is 35.1 Å². The molecule has 0 heterocycles. The summed E-state index contributed by atoms with van der Waals surface area (Å²) in [6.07, 6.45) is -7.43. The number of aliphatic carboxylic acids is 1. The van der Waals surface area contributed by atoms with Gasteiger partial charge in [0, 0.05) is 5.56 Å². The molecule has 7 heteroatoms. The molecule has 0 aliphatic heterocycles. The smallest absolute Gasteiger partial charge is 0.416 e. The summed E-state index contributed by atoms with van der Waals surface area (Å²) in [6.45, 7) is 0. The van der Waals surface area contributed by atoms with Crippen LogP contribution in [-0.2, 0) is 11.0 Å². The second-order valence-corrected chi connectivity index (χ2v) is 2.93.